The minimum Gasteiger partial charge on any atom is -0.383 e. The van der Waals surface area contributed by atoms with E-state index in [0.29, 0.717) is 5.82 Å². The first-order valence-corrected chi connectivity index (χ1v) is 7.90. The summed E-state index contributed by atoms with van der Waals surface area (Å²) < 4.78 is 1.75. The van der Waals surface area contributed by atoms with Gasteiger partial charge in [0.1, 0.15) is 11.5 Å². The lowest BCUT2D eigenvalue weighted by Crippen LogP contribution is -1.98. The zero-order valence-corrected chi connectivity index (χ0v) is 12.7. The monoisotopic (exact) mass is 296 g/mol. The molecule has 2 N–H and O–H groups in total. The lowest BCUT2D eigenvalue weighted by atomic mass is 10.1. The molecule has 1 aliphatic carbocycles. The Kier molecular flexibility index (Phi) is 2.82. The summed E-state index contributed by atoms with van der Waals surface area (Å²) in [7, 11) is 1.89. The van der Waals surface area contributed by atoms with Gasteiger partial charge in [0, 0.05) is 29.9 Å². The van der Waals surface area contributed by atoms with E-state index < -0.39 is 0 Å². The Bertz CT molecular complexity index is 780. The zero-order chi connectivity index (χ0) is 14.4. The molecule has 0 aliphatic heterocycles. The molecule has 0 saturated heterocycles. The van der Waals surface area contributed by atoms with Gasteiger partial charge in [0.2, 0.25) is 0 Å². The minimum atomic E-state index is 0.687. The second-order valence-corrected chi connectivity index (χ2v) is 6.52. The van der Waals surface area contributed by atoms with Gasteiger partial charge in [-0.15, -0.1) is 11.3 Å². The first-order valence-electron chi connectivity index (χ1n) is 7.09. The number of aryl methyl sites for hydroxylation is 3. The summed E-state index contributed by atoms with van der Waals surface area (Å²) >= 11 is 1.85. The van der Waals surface area contributed by atoms with Gasteiger partial charge in [-0.25, -0.2) is 0 Å². The van der Waals surface area contributed by atoms with Gasteiger partial charge >= 0.3 is 0 Å². The van der Waals surface area contributed by atoms with Crippen LogP contribution in [0.3, 0.4) is 0 Å². The van der Waals surface area contributed by atoms with Crippen molar-refractivity contribution < 1.29 is 0 Å². The molecule has 1 aliphatic rings. The van der Waals surface area contributed by atoms with Gasteiger partial charge in [0.15, 0.2) is 0 Å². The number of fused-ring (bicyclic) bond motifs is 1. The van der Waals surface area contributed by atoms with E-state index in [1.807, 2.05) is 36.7 Å². The Morgan fingerprint density at radius 3 is 3.00 bits per heavy atom. The first-order chi connectivity index (χ1) is 10.2. The summed E-state index contributed by atoms with van der Waals surface area (Å²) in [5.74, 6) is 0.687. The quantitative estimate of drug-likeness (QED) is 0.789. The molecule has 3 heterocycles. The Morgan fingerprint density at radius 1 is 1.33 bits per heavy atom. The van der Waals surface area contributed by atoms with Crippen molar-refractivity contribution in [1.82, 2.24) is 14.8 Å². The lowest BCUT2D eigenvalue weighted by molar-refractivity contribution is 0.783. The molecule has 3 aromatic rings. The van der Waals surface area contributed by atoms with E-state index in [1.54, 1.807) is 10.9 Å². The Morgan fingerprint density at radius 2 is 2.24 bits per heavy atom. The summed E-state index contributed by atoms with van der Waals surface area (Å²) in [5.41, 5.74) is 10.7. The van der Waals surface area contributed by atoms with Crippen molar-refractivity contribution in [3.8, 4) is 21.7 Å². The average molecular weight is 296 g/mol. The molecule has 0 radical (unpaired) electrons. The van der Waals surface area contributed by atoms with Crippen LogP contribution in [0, 0.1) is 0 Å². The van der Waals surface area contributed by atoms with Gasteiger partial charge < -0.3 is 5.73 Å². The molecule has 0 bridgehead atoms. The van der Waals surface area contributed by atoms with Crippen molar-refractivity contribution in [2.24, 2.45) is 7.05 Å². The number of rotatable bonds is 2. The zero-order valence-electron chi connectivity index (χ0n) is 11.8. The van der Waals surface area contributed by atoms with Gasteiger partial charge in [-0.2, -0.15) is 5.10 Å². The molecular weight excluding hydrogens is 280 g/mol. The standard InChI is InChI=1S/C16H16N4S/c1-20-16(17)14(11-5-3-7-18-9-11)15(19-20)13-8-10-4-2-6-12(10)21-13/h3,5,7-9H,2,4,6,17H2,1H3. The Labute approximate surface area is 127 Å². The molecule has 0 spiro atoms. The van der Waals surface area contributed by atoms with E-state index in [0.717, 1.165) is 16.8 Å². The predicted molar refractivity (Wildman–Crippen MR) is 86.2 cm³/mol. The number of anilines is 1. The SMILES string of the molecule is Cn1nc(-c2cc3c(s2)CCC3)c(-c2cccnc2)c1N. The maximum Gasteiger partial charge on any atom is 0.130 e. The lowest BCUT2D eigenvalue weighted by Gasteiger charge is -2.02. The van der Waals surface area contributed by atoms with Crippen LogP contribution < -0.4 is 5.73 Å². The summed E-state index contributed by atoms with van der Waals surface area (Å²) in [4.78, 5) is 6.93. The number of aromatic nitrogens is 3. The molecule has 0 saturated carbocycles. The van der Waals surface area contributed by atoms with E-state index in [-0.39, 0.29) is 0 Å². The summed E-state index contributed by atoms with van der Waals surface area (Å²) in [6.07, 6.45) is 7.29. The predicted octanol–water partition coefficient (Wildman–Crippen LogP) is 3.28. The van der Waals surface area contributed by atoms with Crippen LogP contribution in [0.2, 0.25) is 0 Å². The van der Waals surface area contributed by atoms with E-state index >= 15 is 0 Å². The van der Waals surface area contributed by atoms with Gasteiger partial charge in [-0.3, -0.25) is 9.67 Å². The summed E-state index contributed by atoms with van der Waals surface area (Å²) in [5, 5.41) is 4.64. The van der Waals surface area contributed by atoms with E-state index in [4.69, 9.17) is 5.73 Å². The molecular formula is C16H16N4S. The second kappa shape index (κ2) is 4.70. The number of nitrogens with two attached hydrogens (primary N) is 1. The fourth-order valence-corrected chi connectivity index (χ4v) is 4.20. The Hall–Kier alpha value is -2.14. The highest BCUT2D eigenvalue weighted by molar-refractivity contribution is 7.15. The molecule has 0 amide bonds. The average Bonchev–Trinajstić information content (AvgIpc) is 3.14. The number of hydrogen-bond acceptors (Lipinski definition) is 4. The van der Waals surface area contributed by atoms with Crippen LogP contribution in [0.25, 0.3) is 21.7 Å². The van der Waals surface area contributed by atoms with Crippen molar-refractivity contribution in [2.45, 2.75) is 19.3 Å². The van der Waals surface area contributed by atoms with Crippen LogP contribution >= 0.6 is 11.3 Å². The topological polar surface area (TPSA) is 56.7 Å². The fraction of sp³-hybridized carbons (Fsp3) is 0.250. The van der Waals surface area contributed by atoms with Crippen molar-refractivity contribution in [1.29, 1.82) is 0 Å². The second-order valence-electron chi connectivity index (χ2n) is 5.39. The number of nitrogens with zero attached hydrogens (tertiary/aromatic N) is 3. The number of nitrogen functional groups attached to an aromatic ring is 1. The third kappa shape index (κ3) is 1.96. The van der Waals surface area contributed by atoms with E-state index in [1.165, 1.54) is 34.6 Å². The molecule has 0 aromatic carbocycles. The third-order valence-corrected chi connectivity index (χ3v) is 5.27. The molecule has 3 aromatic heterocycles. The first kappa shape index (κ1) is 12.6. The van der Waals surface area contributed by atoms with Gasteiger partial charge in [-0.05, 0) is 37.0 Å². The van der Waals surface area contributed by atoms with Gasteiger partial charge in [-0.1, -0.05) is 6.07 Å². The molecule has 0 fully saturated rings. The molecule has 0 atom stereocenters. The third-order valence-electron chi connectivity index (χ3n) is 4.02. The maximum atomic E-state index is 6.24. The highest BCUT2D eigenvalue weighted by atomic mass is 32.1. The fourth-order valence-electron chi connectivity index (χ4n) is 2.95. The van der Waals surface area contributed by atoms with Crippen molar-refractivity contribution in [2.75, 3.05) is 5.73 Å². The van der Waals surface area contributed by atoms with Crippen LogP contribution in [0.15, 0.2) is 30.6 Å². The maximum absolute atomic E-state index is 6.24. The normalized spacial score (nSPS) is 13.6. The number of hydrogen-bond donors (Lipinski definition) is 1. The highest BCUT2D eigenvalue weighted by Gasteiger charge is 2.22. The molecule has 21 heavy (non-hydrogen) atoms. The molecule has 4 nitrogen and oxygen atoms in total. The van der Waals surface area contributed by atoms with Gasteiger partial charge in [0.05, 0.1) is 10.4 Å². The minimum absolute atomic E-state index is 0.687. The largest absolute Gasteiger partial charge is 0.383 e. The summed E-state index contributed by atoms with van der Waals surface area (Å²) in [6, 6.07) is 6.25. The summed E-state index contributed by atoms with van der Waals surface area (Å²) in [6.45, 7) is 0. The van der Waals surface area contributed by atoms with E-state index in [9.17, 15) is 0 Å². The molecule has 4 rings (SSSR count). The smallest absolute Gasteiger partial charge is 0.130 e. The number of thiophene rings is 1. The molecule has 106 valence electrons. The van der Waals surface area contributed by atoms with Crippen molar-refractivity contribution in [3.63, 3.8) is 0 Å². The van der Waals surface area contributed by atoms with Crippen LogP contribution in [-0.2, 0) is 19.9 Å². The van der Waals surface area contributed by atoms with Gasteiger partial charge in [0.25, 0.3) is 0 Å². The van der Waals surface area contributed by atoms with Crippen LogP contribution in [0.1, 0.15) is 16.9 Å². The van der Waals surface area contributed by atoms with Crippen LogP contribution in [0.4, 0.5) is 5.82 Å². The van der Waals surface area contributed by atoms with Crippen LogP contribution in [-0.4, -0.2) is 14.8 Å². The highest BCUT2D eigenvalue weighted by Crippen LogP contribution is 2.41. The van der Waals surface area contributed by atoms with E-state index in [2.05, 4.69) is 16.1 Å². The van der Waals surface area contributed by atoms with Crippen molar-refractivity contribution >= 4 is 17.2 Å². The molecule has 0 unspecified atom stereocenters. The molecule has 5 heteroatoms. The van der Waals surface area contributed by atoms with Crippen LogP contribution in [0.5, 0.6) is 0 Å². The number of pyridine rings is 1. The van der Waals surface area contributed by atoms with Crippen molar-refractivity contribution in [3.05, 3.63) is 41.0 Å². The Balaban J connectivity index is 1.91.